The molecular formula is C50H66NO5S+. The maximum absolute atomic E-state index is 6.71. The lowest BCUT2D eigenvalue weighted by Gasteiger charge is -2.19. The van der Waals surface area contributed by atoms with E-state index in [1.54, 1.807) is 0 Å². The van der Waals surface area contributed by atoms with Crippen LogP contribution in [-0.2, 0) is 0 Å². The Morgan fingerprint density at radius 2 is 1.02 bits per heavy atom. The van der Waals surface area contributed by atoms with Gasteiger partial charge in [-0.1, -0.05) is 129 Å². The lowest BCUT2D eigenvalue weighted by Crippen LogP contribution is -2.03. The first kappa shape index (κ1) is 42.5. The second kappa shape index (κ2) is 22.2. The van der Waals surface area contributed by atoms with Crippen molar-refractivity contribution >= 4 is 53.3 Å². The summed E-state index contributed by atoms with van der Waals surface area (Å²) in [6, 6.07) is 24.2. The van der Waals surface area contributed by atoms with Gasteiger partial charge in [0.2, 0.25) is 15.5 Å². The molecule has 5 aromatic carbocycles. The number of fused-ring (bicyclic) bond motifs is 8. The van der Waals surface area contributed by atoms with Crippen molar-refractivity contribution in [3.8, 4) is 33.6 Å². The van der Waals surface area contributed by atoms with Gasteiger partial charge in [-0.05, 0) is 100 Å². The van der Waals surface area contributed by atoms with Gasteiger partial charge in [0, 0.05) is 11.5 Å². The van der Waals surface area contributed by atoms with Gasteiger partial charge in [-0.15, -0.1) is 4.18 Å². The monoisotopic (exact) mass is 792 g/mol. The Kier molecular flexibility index (Phi) is 16.6. The average Bonchev–Trinajstić information content (AvgIpc) is 3.59. The maximum Gasteiger partial charge on any atom is 0.472 e. The average molecular weight is 793 g/mol. The molecule has 0 bridgehead atoms. The standard InChI is InChI=1S/C50H66NO5S/c1-6-11-19-28-52-38-33-40(37-24-17-16-18-25-37)47-39-26-27-46-49(51-50(55-31-22-14-9-4)57(46)56-32-23-15-10-5)48(39)43-36-45(54-30-21-13-8-3)44(53-29-20-12-7-2)35-41(43)42(47)34-38/h16-18,24-27,33-36H,6-15,19-23,28-32H2,1-5H3/q+1. The molecule has 0 saturated heterocycles. The Bertz CT molecular complexity index is 2160. The van der Waals surface area contributed by atoms with Crippen molar-refractivity contribution in [2.45, 2.75) is 131 Å². The Morgan fingerprint density at radius 3 is 1.63 bits per heavy atom. The van der Waals surface area contributed by atoms with E-state index in [2.05, 4.69) is 101 Å². The van der Waals surface area contributed by atoms with Crippen LogP contribution < -0.4 is 23.1 Å². The smallest absolute Gasteiger partial charge is 0.472 e. The van der Waals surface area contributed by atoms with Crippen molar-refractivity contribution in [1.29, 1.82) is 0 Å². The molecule has 1 heterocycles. The molecule has 1 unspecified atom stereocenters. The topological polar surface area (TPSA) is 59.0 Å². The predicted octanol–water partition coefficient (Wildman–Crippen LogP) is 15.0. The highest BCUT2D eigenvalue weighted by Gasteiger charge is 2.31. The molecule has 1 atom stereocenters. The lowest BCUT2D eigenvalue weighted by molar-refractivity contribution is 0.260. The second-order valence-electron chi connectivity index (χ2n) is 15.3. The van der Waals surface area contributed by atoms with E-state index in [-0.39, 0.29) is 0 Å². The Balaban J connectivity index is 1.67. The van der Waals surface area contributed by atoms with Crippen molar-refractivity contribution in [2.75, 3.05) is 33.0 Å². The molecule has 57 heavy (non-hydrogen) atoms. The number of thiazole rings is 1. The number of rotatable bonds is 26. The molecule has 6 aromatic rings. The third-order valence-corrected chi connectivity index (χ3v) is 12.4. The summed E-state index contributed by atoms with van der Waals surface area (Å²) in [4.78, 5) is 5.39. The Hall–Kier alpha value is -4.07. The molecule has 0 N–H and O–H groups in total. The Morgan fingerprint density at radius 1 is 0.474 bits per heavy atom. The minimum atomic E-state index is -0.704. The van der Waals surface area contributed by atoms with Crippen LogP contribution in [0.4, 0.5) is 0 Å². The number of unbranched alkanes of at least 4 members (excludes halogenated alkanes) is 10. The van der Waals surface area contributed by atoms with Gasteiger partial charge < -0.3 is 18.9 Å². The highest BCUT2D eigenvalue weighted by atomic mass is 32.2. The van der Waals surface area contributed by atoms with E-state index in [1.165, 1.54) is 5.39 Å². The molecule has 0 aliphatic rings. The molecule has 306 valence electrons. The van der Waals surface area contributed by atoms with Gasteiger partial charge in [-0.25, -0.2) is 0 Å². The summed E-state index contributed by atoms with van der Waals surface area (Å²) in [5.41, 5.74) is 3.23. The van der Waals surface area contributed by atoms with Crippen LogP contribution in [0.15, 0.2) is 66.7 Å². The fourth-order valence-corrected chi connectivity index (χ4v) is 9.20. The van der Waals surface area contributed by atoms with Crippen molar-refractivity contribution in [3.63, 3.8) is 0 Å². The molecule has 1 aromatic heterocycles. The summed E-state index contributed by atoms with van der Waals surface area (Å²) < 4.78 is 34.2. The van der Waals surface area contributed by atoms with E-state index in [9.17, 15) is 0 Å². The first-order valence-corrected chi connectivity index (χ1v) is 23.3. The van der Waals surface area contributed by atoms with Gasteiger partial charge in [0.05, 0.1) is 26.4 Å². The molecule has 7 heteroatoms. The van der Waals surface area contributed by atoms with Crippen molar-refractivity contribution in [2.24, 2.45) is 0 Å². The van der Waals surface area contributed by atoms with Gasteiger partial charge in [0.25, 0.3) is 0 Å². The molecular weight excluding hydrogens is 727 g/mol. The maximum atomic E-state index is 6.71. The van der Waals surface area contributed by atoms with E-state index in [1.807, 2.05) is 0 Å². The fourth-order valence-electron chi connectivity index (χ4n) is 7.62. The molecule has 0 aliphatic carbocycles. The van der Waals surface area contributed by atoms with Gasteiger partial charge >= 0.3 is 5.19 Å². The molecule has 0 fully saturated rings. The van der Waals surface area contributed by atoms with Crippen molar-refractivity contribution in [1.82, 2.24) is 4.98 Å². The molecule has 6 rings (SSSR count). The van der Waals surface area contributed by atoms with Crippen LogP contribution >= 0.6 is 10.8 Å². The van der Waals surface area contributed by atoms with E-state index < -0.39 is 10.8 Å². The summed E-state index contributed by atoms with van der Waals surface area (Å²) in [5.74, 6) is 2.46. The predicted molar refractivity (Wildman–Crippen MR) is 243 cm³/mol. The van der Waals surface area contributed by atoms with Crippen molar-refractivity contribution in [3.05, 3.63) is 66.7 Å². The largest absolute Gasteiger partial charge is 0.494 e. The van der Waals surface area contributed by atoms with Gasteiger partial charge in [0.15, 0.2) is 11.5 Å². The minimum Gasteiger partial charge on any atom is -0.494 e. The SMILES string of the molecule is CCCCCOc1cc(-c2ccccc2)c2c(c1)c1cc(OCCCCC)c(OCCCCC)cc1c1c2ccc2c1nc(OCCCCC)[s+]2OCCCCC. The zero-order valence-electron chi connectivity index (χ0n) is 35.4. The zero-order chi connectivity index (χ0) is 39.8. The number of benzene rings is 5. The van der Waals surface area contributed by atoms with E-state index in [0.29, 0.717) is 38.2 Å². The second-order valence-corrected chi connectivity index (χ2v) is 16.9. The summed E-state index contributed by atoms with van der Waals surface area (Å²) in [6.45, 7) is 14.4. The number of hydrogen-bond acceptors (Lipinski definition) is 6. The first-order valence-electron chi connectivity index (χ1n) is 22.2. The number of ether oxygens (including phenoxy) is 4. The molecule has 0 aliphatic heterocycles. The molecule has 0 saturated carbocycles. The summed E-state index contributed by atoms with van der Waals surface area (Å²) >= 11 is 0. The van der Waals surface area contributed by atoms with E-state index in [0.717, 1.165) is 162 Å². The minimum absolute atomic E-state index is 0.637. The number of aromatic nitrogens is 1. The van der Waals surface area contributed by atoms with Crippen LogP contribution in [0.1, 0.15) is 131 Å². The highest BCUT2D eigenvalue weighted by Crippen LogP contribution is 2.50. The van der Waals surface area contributed by atoms with Gasteiger partial charge in [-0.2, -0.15) is 4.98 Å². The van der Waals surface area contributed by atoms with Crippen molar-refractivity contribution < 1.29 is 23.1 Å². The molecule has 0 amide bonds. The van der Waals surface area contributed by atoms with Crippen LogP contribution in [0.3, 0.4) is 0 Å². The van der Waals surface area contributed by atoms with Gasteiger partial charge in [-0.3, -0.25) is 0 Å². The Labute approximate surface area is 344 Å². The lowest BCUT2D eigenvalue weighted by atomic mass is 9.88. The van der Waals surface area contributed by atoms with E-state index >= 15 is 0 Å². The van der Waals surface area contributed by atoms with Gasteiger partial charge in [0.1, 0.15) is 17.9 Å². The molecule has 6 nitrogen and oxygen atoms in total. The summed E-state index contributed by atoms with van der Waals surface area (Å²) in [6.07, 6.45) is 16.4. The van der Waals surface area contributed by atoms with Crippen LogP contribution in [0.5, 0.6) is 22.4 Å². The highest BCUT2D eigenvalue weighted by molar-refractivity contribution is 7.34. The third-order valence-electron chi connectivity index (χ3n) is 10.8. The molecule has 0 spiro atoms. The van der Waals surface area contributed by atoms with Crippen LogP contribution in [0, 0.1) is 0 Å². The van der Waals surface area contributed by atoms with Crippen LogP contribution in [0.25, 0.3) is 53.7 Å². The fraction of sp³-hybridized carbons (Fsp3) is 0.500. The van der Waals surface area contributed by atoms with Crippen LogP contribution in [-0.4, -0.2) is 38.0 Å². The first-order chi connectivity index (χ1) is 28.1. The van der Waals surface area contributed by atoms with Crippen LogP contribution in [0.2, 0.25) is 0 Å². The summed E-state index contributed by atoms with van der Waals surface area (Å²) in [7, 11) is -0.704. The number of hydrogen-bond donors (Lipinski definition) is 0. The normalized spacial score (nSPS) is 12.0. The summed E-state index contributed by atoms with van der Waals surface area (Å²) in [5, 5.41) is 7.45. The van der Waals surface area contributed by atoms with E-state index in [4.69, 9.17) is 28.1 Å². The number of nitrogens with zero attached hydrogens (tertiary/aromatic N) is 1. The zero-order valence-corrected chi connectivity index (χ0v) is 36.2. The third kappa shape index (κ3) is 10.5. The molecule has 0 radical (unpaired) electrons. The quantitative estimate of drug-likeness (QED) is 0.0310.